The van der Waals surface area contributed by atoms with Crippen molar-refractivity contribution in [2.75, 3.05) is 17.7 Å². The molecular weight excluding hydrogens is 257 g/mol. The topological polar surface area (TPSA) is 58.3 Å². The second kappa shape index (κ2) is 5.28. The summed E-state index contributed by atoms with van der Waals surface area (Å²) in [7, 11) is 0. The summed E-state index contributed by atoms with van der Waals surface area (Å²) in [5.41, 5.74) is 4.78. The predicted octanol–water partition coefficient (Wildman–Crippen LogP) is 2.86. The number of halogens is 3. The average Bonchev–Trinajstić information content (AvgIpc) is 2.77. The standard InChI is InChI=1S/C13H17F3N2O/c14-13(15,16)10-6-9(17)4-5-12(10)18-11-3-1-2-8(11)7-19/h4-6,8,11,18-19H,1-3,7,17H2. The molecule has 2 atom stereocenters. The minimum atomic E-state index is -4.44. The summed E-state index contributed by atoms with van der Waals surface area (Å²) in [6.07, 6.45) is -1.92. The summed E-state index contributed by atoms with van der Waals surface area (Å²) in [6, 6.07) is 3.62. The normalized spacial score (nSPS) is 23.6. The molecule has 2 unspecified atom stereocenters. The maximum Gasteiger partial charge on any atom is 0.418 e. The Balaban J connectivity index is 2.25. The summed E-state index contributed by atoms with van der Waals surface area (Å²) < 4.78 is 38.8. The van der Waals surface area contributed by atoms with Crippen LogP contribution in [0.4, 0.5) is 24.5 Å². The van der Waals surface area contributed by atoms with Crippen LogP contribution in [0.3, 0.4) is 0 Å². The maximum absolute atomic E-state index is 12.9. The van der Waals surface area contributed by atoms with E-state index < -0.39 is 11.7 Å². The molecule has 19 heavy (non-hydrogen) atoms. The summed E-state index contributed by atoms with van der Waals surface area (Å²) >= 11 is 0. The van der Waals surface area contributed by atoms with Crippen molar-refractivity contribution in [3.8, 4) is 0 Å². The quantitative estimate of drug-likeness (QED) is 0.743. The molecule has 0 saturated heterocycles. The Morgan fingerprint density at radius 3 is 2.68 bits per heavy atom. The van der Waals surface area contributed by atoms with Crippen molar-refractivity contribution < 1.29 is 18.3 Å². The van der Waals surface area contributed by atoms with E-state index in [4.69, 9.17) is 5.73 Å². The monoisotopic (exact) mass is 274 g/mol. The van der Waals surface area contributed by atoms with Gasteiger partial charge in [0.05, 0.1) is 5.56 Å². The van der Waals surface area contributed by atoms with E-state index in [0.717, 1.165) is 25.3 Å². The van der Waals surface area contributed by atoms with Gasteiger partial charge in [0.15, 0.2) is 0 Å². The third-order valence-corrected chi connectivity index (χ3v) is 3.58. The van der Waals surface area contributed by atoms with Crippen molar-refractivity contribution in [1.82, 2.24) is 0 Å². The number of alkyl halides is 3. The maximum atomic E-state index is 12.9. The molecule has 2 rings (SSSR count). The van der Waals surface area contributed by atoms with Crippen molar-refractivity contribution in [3.63, 3.8) is 0 Å². The zero-order valence-corrected chi connectivity index (χ0v) is 10.4. The lowest BCUT2D eigenvalue weighted by molar-refractivity contribution is -0.136. The van der Waals surface area contributed by atoms with Crippen molar-refractivity contribution in [3.05, 3.63) is 23.8 Å². The lowest BCUT2D eigenvalue weighted by Gasteiger charge is -2.23. The van der Waals surface area contributed by atoms with Crippen LogP contribution in [0, 0.1) is 5.92 Å². The molecule has 6 heteroatoms. The van der Waals surface area contributed by atoms with E-state index in [1.807, 2.05) is 0 Å². The average molecular weight is 274 g/mol. The smallest absolute Gasteiger partial charge is 0.399 e. The molecule has 1 aliphatic rings. The molecular formula is C13H17F3N2O. The van der Waals surface area contributed by atoms with Crippen molar-refractivity contribution >= 4 is 11.4 Å². The predicted molar refractivity (Wildman–Crippen MR) is 67.7 cm³/mol. The van der Waals surface area contributed by atoms with Gasteiger partial charge in [-0.15, -0.1) is 0 Å². The summed E-state index contributed by atoms with van der Waals surface area (Å²) in [5.74, 6) is 0.0126. The highest BCUT2D eigenvalue weighted by molar-refractivity contribution is 5.59. The number of hydrogen-bond donors (Lipinski definition) is 3. The first-order valence-corrected chi connectivity index (χ1v) is 6.26. The minimum Gasteiger partial charge on any atom is -0.399 e. The fourth-order valence-electron chi connectivity index (χ4n) is 2.57. The van der Waals surface area contributed by atoms with Crippen LogP contribution in [-0.2, 0) is 6.18 Å². The Labute approximate surface area is 109 Å². The molecule has 1 fully saturated rings. The van der Waals surface area contributed by atoms with Crippen LogP contribution in [0.25, 0.3) is 0 Å². The number of hydrogen-bond acceptors (Lipinski definition) is 3. The Hall–Kier alpha value is -1.43. The molecule has 1 aliphatic carbocycles. The molecule has 0 aromatic heterocycles. The molecule has 4 N–H and O–H groups in total. The minimum absolute atomic E-state index is 0.00596. The van der Waals surface area contributed by atoms with Crippen LogP contribution < -0.4 is 11.1 Å². The van der Waals surface area contributed by atoms with E-state index >= 15 is 0 Å². The van der Waals surface area contributed by atoms with E-state index in [9.17, 15) is 18.3 Å². The number of aliphatic hydroxyl groups is 1. The first kappa shape index (κ1) is 14.0. The van der Waals surface area contributed by atoms with E-state index in [0.29, 0.717) is 0 Å². The summed E-state index contributed by atoms with van der Waals surface area (Å²) in [6.45, 7) is -0.00596. The van der Waals surface area contributed by atoms with Gasteiger partial charge in [-0.25, -0.2) is 0 Å². The zero-order valence-electron chi connectivity index (χ0n) is 10.4. The molecule has 0 radical (unpaired) electrons. The molecule has 1 aromatic carbocycles. The fourth-order valence-corrected chi connectivity index (χ4v) is 2.57. The van der Waals surface area contributed by atoms with Gasteiger partial charge in [0.1, 0.15) is 0 Å². The lowest BCUT2D eigenvalue weighted by atomic mass is 10.0. The molecule has 0 amide bonds. The van der Waals surface area contributed by atoms with Gasteiger partial charge in [0.25, 0.3) is 0 Å². The highest BCUT2D eigenvalue weighted by Gasteiger charge is 2.35. The third kappa shape index (κ3) is 3.12. The van der Waals surface area contributed by atoms with Gasteiger partial charge in [-0.05, 0) is 31.0 Å². The largest absolute Gasteiger partial charge is 0.418 e. The number of nitrogens with one attached hydrogen (secondary N) is 1. The fraction of sp³-hybridized carbons (Fsp3) is 0.538. The summed E-state index contributed by atoms with van der Waals surface area (Å²) in [4.78, 5) is 0. The van der Waals surface area contributed by atoms with Gasteiger partial charge in [-0.3, -0.25) is 0 Å². The molecule has 0 spiro atoms. The lowest BCUT2D eigenvalue weighted by Crippen LogP contribution is -2.27. The number of benzene rings is 1. The van der Waals surface area contributed by atoms with Crippen molar-refractivity contribution in [2.45, 2.75) is 31.5 Å². The first-order chi connectivity index (χ1) is 8.91. The van der Waals surface area contributed by atoms with Crippen LogP contribution in [0.5, 0.6) is 0 Å². The highest BCUT2D eigenvalue weighted by atomic mass is 19.4. The van der Waals surface area contributed by atoms with Gasteiger partial charge in [0.2, 0.25) is 0 Å². The molecule has 0 bridgehead atoms. The van der Waals surface area contributed by atoms with E-state index in [1.165, 1.54) is 12.1 Å². The van der Waals surface area contributed by atoms with E-state index in [-0.39, 0.29) is 29.9 Å². The molecule has 1 saturated carbocycles. The van der Waals surface area contributed by atoms with Gasteiger partial charge < -0.3 is 16.2 Å². The van der Waals surface area contributed by atoms with E-state index in [1.54, 1.807) is 0 Å². The molecule has 0 heterocycles. The van der Waals surface area contributed by atoms with Crippen molar-refractivity contribution in [1.29, 1.82) is 0 Å². The van der Waals surface area contributed by atoms with Crippen LogP contribution in [-0.4, -0.2) is 17.8 Å². The Kier molecular flexibility index (Phi) is 3.89. The second-order valence-electron chi connectivity index (χ2n) is 4.93. The molecule has 1 aromatic rings. The van der Waals surface area contributed by atoms with Crippen LogP contribution >= 0.6 is 0 Å². The Morgan fingerprint density at radius 1 is 1.32 bits per heavy atom. The zero-order chi connectivity index (χ0) is 14.0. The van der Waals surface area contributed by atoms with Crippen LogP contribution in [0.2, 0.25) is 0 Å². The van der Waals surface area contributed by atoms with Crippen molar-refractivity contribution in [2.24, 2.45) is 5.92 Å². The van der Waals surface area contributed by atoms with Gasteiger partial charge in [-0.1, -0.05) is 6.42 Å². The van der Waals surface area contributed by atoms with E-state index in [2.05, 4.69) is 5.32 Å². The van der Waals surface area contributed by atoms with Gasteiger partial charge in [-0.2, -0.15) is 13.2 Å². The Bertz CT molecular complexity index is 448. The first-order valence-electron chi connectivity index (χ1n) is 6.26. The second-order valence-corrected chi connectivity index (χ2v) is 4.93. The number of aliphatic hydroxyl groups excluding tert-OH is 1. The highest BCUT2D eigenvalue weighted by Crippen LogP contribution is 2.38. The molecule has 106 valence electrons. The number of nitrogens with two attached hydrogens (primary N) is 1. The van der Waals surface area contributed by atoms with Crippen LogP contribution in [0.1, 0.15) is 24.8 Å². The Morgan fingerprint density at radius 2 is 2.05 bits per heavy atom. The summed E-state index contributed by atoms with van der Waals surface area (Å²) in [5, 5.41) is 12.1. The number of anilines is 2. The SMILES string of the molecule is Nc1ccc(NC2CCCC2CO)c(C(F)(F)F)c1. The van der Waals surface area contributed by atoms with Gasteiger partial charge >= 0.3 is 6.18 Å². The molecule has 0 aliphatic heterocycles. The molecule has 3 nitrogen and oxygen atoms in total. The van der Waals surface area contributed by atoms with Gasteiger partial charge in [0, 0.05) is 29.9 Å². The third-order valence-electron chi connectivity index (χ3n) is 3.58. The number of rotatable bonds is 3. The van der Waals surface area contributed by atoms with Crippen LogP contribution in [0.15, 0.2) is 18.2 Å². The number of nitrogen functional groups attached to an aromatic ring is 1.